The fourth-order valence-electron chi connectivity index (χ4n) is 2.69. The average molecular weight is 347 g/mol. The van der Waals surface area contributed by atoms with Gasteiger partial charge < -0.3 is 15.1 Å². The molecule has 0 aliphatic carbocycles. The molecule has 0 spiro atoms. The summed E-state index contributed by atoms with van der Waals surface area (Å²) in [6, 6.07) is 7.08. The first kappa shape index (κ1) is 20.7. The molecule has 3 amide bonds. The van der Waals surface area contributed by atoms with Crippen molar-refractivity contribution in [2.45, 2.75) is 47.0 Å². The molecular formula is C19H29N3O3. The Morgan fingerprint density at radius 2 is 1.64 bits per heavy atom. The minimum Gasteiger partial charge on any atom is -0.343 e. The SMILES string of the molecule is CCCN(CCC)C(=O)CCN(C(C)=O)c1cccc(NC(C)=O)c1. The van der Waals surface area contributed by atoms with Crippen LogP contribution < -0.4 is 10.2 Å². The Morgan fingerprint density at radius 1 is 1.00 bits per heavy atom. The summed E-state index contributed by atoms with van der Waals surface area (Å²) in [6.45, 7) is 8.81. The standard InChI is InChI=1S/C19H29N3O3/c1-5-11-21(12-6-2)19(25)10-13-22(16(4)24)18-9-7-8-17(14-18)20-15(3)23/h7-9,14H,5-6,10-13H2,1-4H3,(H,20,23). The summed E-state index contributed by atoms with van der Waals surface area (Å²) in [5, 5.41) is 2.70. The average Bonchev–Trinajstić information content (AvgIpc) is 2.54. The maximum absolute atomic E-state index is 12.4. The largest absolute Gasteiger partial charge is 0.343 e. The Kier molecular flexibility index (Phi) is 8.67. The Morgan fingerprint density at radius 3 is 2.16 bits per heavy atom. The summed E-state index contributed by atoms with van der Waals surface area (Å²) in [5.74, 6) is -0.241. The van der Waals surface area contributed by atoms with E-state index in [1.807, 2.05) is 18.7 Å². The van der Waals surface area contributed by atoms with Crippen LogP contribution in [-0.4, -0.2) is 42.3 Å². The van der Waals surface area contributed by atoms with Crippen LogP contribution in [-0.2, 0) is 14.4 Å². The lowest BCUT2D eigenvalue weighted by molar-refractivity contribution is -0.131. The number of anilines is 2. The van der Waals surface area contributed by atoms with Gasteiger partial charge in [0.15, 0.2) is 0 Å². The minimum absolute atomic E-state index is 0.0629. The second-order valence-electron chi connectivity index (χ2n) is 6.03. The van der Waals surface area contributed by atoms with Crippen molar-refractivity contribution in [1.82, 2.24) is 4.90 Å². The van der Waals surface area contributed by atoms with Crippen LogP contribution in [0.15, 0.2) is 24.3 Å². The molecule has 0 aromatic heterocycles. The van der Waals surface area contributed by atoms with Crippen molar-refractivity contribution in [3.63, 3.8) is 0 Å². The normalized spacial score (nSPS) is 10.2. The number of amides is 3. The van der Waals surface area contributed by atoms with Crippen LogP contribution in [0.3, 0.4) is 0 Å². The van der Waals surface area contributed by atoms with Crippen LogP contribution in [0.5, 0.6) is 0 Å². The van der Waals surface area contributed by atoms with Crippen LogP contribution in [0.4, 0.5) is 11.4 Å². The van der Waals surface area contributed by atoms with E-state index in [0.717, 1.165) is 25.9 Å². The summed E-state index contributed by atoms with van der Waals surface area (Å²) < 4.78 is 0. The van der Waals surface area contributed by atoms with Crippen molar-refractivity contribution >= 4 is 29.1 Å². The second kappa shape index (κ2) is 10.5. The Labute approximate surface area is 150 Å². The van der Waals surface area contributed by atoms with Gasteiger partial charge in [0.25, 0.3) is 0 Å². The molecule has 6 nitrogen and oxygen atoms in total. The molecule has 6 heteroatoms. The number of carbonyl (C=O) groups excluding carboxylic acids is 3. The summed E-state index contributed by atoms with van der Waals surface area (Å²) in [5.41, 5.74) is 1.30. The number of nitrogens with one attached hydrogen (secondary N) is 1. The highest BCUT2D eigenvalue weighted by Gasteiger charge is 2.17. The third-order valence-electron chi connectivity index (χ3n) is 3.75. The van der Waals surface area contributed by atoms with Crippen molar-refractivity contribution < 1.29 is 14.4 Å². The predicted molar refractivity (Wildman–Crippen MR) is 101 cm³/mol. The highest BCUT2D eigenvalue weighted by molar-refractivity contribution is 5.94. The third-order valence-corrected chi connectivity index (χ3v) is 3.75. The first-order valence-corrected chi connectivity index (χ1v) is 8.82. The van der Waals surface area contributed by atoms with Gasteiger partial charge >= 0.3 is 0 Å². The van der Waals surface area contributed by atoms with Crippen LogP contribution in [0, 0.1) is 0 Å². The van der Waals surface area contributed by atoms with E-state index in [1.165, 1.54) is 13.8 Å². The van der Waals surface area contributed by atoms with E-state index in [4.69, 9.17) is 0 Å². The molecule has 1 aromatic carbocycles. The van der Waals surface area contributed by atoms with E-state index in [2.05, 4.69) is 5.32 Å². The van der Waals surface area contributed by atoms with E-state index in [-0.39, 0.29) is 24.1 Å². The van der Waals surface area contributed by atoms with Crippen molar-refractivity contribution in [2.24, 2.45) is 0 Å². The van der Waals surface area contributed by atoms with E-state index >= 15 is 0 Å². The number of carbonyl (C=O) groups is 3. The lowest BCUT2D eigenvalue weighted by Crippen LogP contribution is -2.37. The van der Waals surface area contributed by atoms with Crippen LogP contribution in [0.25, 0.3) is 0 Å². The molecule has 138 valence electrons. The summed E-state index contributed by atoms with van der Waals surface area (Å²) in [4.78, 5) is 39.1. The van der Waals surface area contributed by atoms with Gasteiger partial charge in [-0.15, -0.1) is 0 Å². The van der Waals surface area contributed by atoms with Gasteiger partial charge in [-0.1, -0.05) is 19.9 Å². The van der Waals surface area contributed by atoms with E-state index < -0.39 is 0 Å². The van der Waals surface area contributed by atoms with E-state index in [1.54, 1.807) is 29.2 Å². The quantitative estimate of drug-likeness (QED) is 0.746. The van der Waals surface area contributed by atoms with Crippen LogP contribution in [0.2, 0.25) is 0 Å². The molecule has 1 N–H and O–H groups in total. The van der Waals surface area contributed by atoms with Gasteiger partial charge in [0.05, 0.1) is 0 Å². The summed E-state index contributed by atoms with van der Waals surface area (Å²) in [7, 11) is 0. The highest BCUT2D eigenvalue weighted by Crippen LogP contribution is 2.20. The first-order valence-electron chi connectivity index (χ1n) is 8.82. The zero-order valence-electron chi connectivity index (χ0n) is 15.7. The van der Waals surface area contributed by atoms with Gasteiger partial charge in [0.2, 0.25) is 17.7 Å². The maximum Gasteiger partial charge on any atom is 0.224 e. The molecular weight excluding hydrogens is 318 g/mol. The third kappa shape index (κ3) is 6.95. The van der Waals surface area contributed by atoms with Gasteiger partial charge in [0.1, 0.15) is 0 Å². The molecule has 0 saturated heterocycles. The van der Waals surface area contributed by atoms with Crippen LogP contribution in [0.1, 0.15) is 47.0 Å². The number of benzene rings is 1. The number of rotatable bonds is 9. The topological polar surface area (TPSA) is 69.7 Å². The van der Waals surface area contributed by atoms with Crippen molar-refractivity contribution in [3.8, 4) is 0 Å². The lowest BCUT2D eigenvalue weighted by atomic mass is 10.2. The van der Waals surface area contributed by atoms with Crippen LogP contribution >= 0.6 is 0 Å². The van der Waals surface area contributed by atoms with E-state index in [0.29, 0.717) is 17.9 Å². The molecule has 0 atom stereocenters. The molecule has 0 unspecified atom stereocenters. The fourth-order valence-corrected chi connectivity index (χ4v) is 2.69. The van der Waals surface area contributed by atoms with Gasteiger partial charge in [-0.05, 0) is 31.0 Å². The number of hydrogen-bond acceptors (Lipinski definition) is 3. The molecule has 0 heterocycles. The molecule has 1 rings (SSSR count). The zero-order valence-corrected chi connectivity index (χ0v) is 15.7. The van der Waals surface area contributed by atoms with Gasteiger partial charge in [0, 0.05) is 51.3 Å². The Hall–Kier alpha value is -2.37. The summed E-state index contributed by atoms with van der Waals surface area (Å²) >= 11 is 0. The van der Waals surface area contributed by atoms with Gasteiger partial charge in [-0.2, -0.15) is 0 Å². The monoisotopic (exact) mass is 347 g/mol. The smallest absolute Gasteiger partial charge is 0.224 e. The molecule has 0 aliphatic heterocycles. The van der Waals surface area contributed by atoms with Crippen molar-refractivity contribution in [3.05, 3.63) is 24.3 Å². The lowest BCUT2D eigenvalue weighted by Gasteiger charge is -2.25. The fraction of sp³-hybridized carbons (Fsp3) is 0.526. The molecule has 0 radical (unpaired) electrons. The molecule has 0 fully saturated rings. The molecule has 1 aromatic rings. The van der Waals surface area contributed by atoms with Crippen molar-refractivity contribution in [2.75, 3.05) is 29.9 Å². The zero-order chi connectivity index (χ0) is 18.8. The Bertz CT molecular complexity index is 595. The molecule has 25 heavy (non-hydrogen) atoms. The molecule has 0 aliphatic rings. The predicted octanol–water partition coefficient (Wildman–Crippen LogP) is 3.04. The highest BCUT2D eigenvalue weighted by atomic mass is 16.2. The molecule has 0 saturated carbocycles. The van der Waals surface area contributed by atoms with E-state index in [9.17, 15) is 14.4 Å². The Balaban J connectivity index is 2.82. The number of nitrogens with zero attached hydrogens (tertiary/aromatic N) is 2. The maximum atomic E-state index is 12.4. The van der Waals surface area contributed by atoms with Gasteiger partial charge in [-0.3, -0.25) is 14.4 Å². The minimum atomic E-state index is -0.170. The summed E-state index contributed by atoms with van der Waals surface area (Å²) in [6.07, 6.45) is 2.12. The van der Waals surface area contributed by atoms with Gasteiger partial charge in [-0.25, -0.2) is 0 Å². The number of hydrogen-bond donors (Lipinski definition) is 1. The van der Waals surface area contributed by atoms with Crippen molar-refractivity contribution in [1.29, 1.82) is 0 Å². The second-order valence-corrected chi connectivity index (χ2v) is 6.03. The molecule has 0 bridgehead atoms. The first-order chi connectivity index (χ1) is 11.9.